The number of hydrogen-bond acceptors (Lipinski definition) is 4. The second-order valence-corrected chi connectivity index (χ2v) is 8.26. The van der Waals surface area contributed by atoms with Crippen LogP contribution < -0.4 is 10.6 Å². The molecule has 0 aromatic heterocycles. The monoisotopic (exact) mass is 300 g/mol. The zero-order valence-corrected chi connectivity index (χ0v) is 13.5. The van der Waals surface area contributed by atoms with Gasteiger partial charge < -0.3 is 4.84 Å². The average molecular weight is 300 g/mol. The Morgan fingerprint density at radius 3 is 2.00 bits per heavy atom. The summed E-state index contributed by atoms with van der Waals surface area (Å²) in [7, 11) is -3.59. The molecule has 0 amide bonds. The van der Waals surface area contributed by atoms with Gasteiger partial charge in [-0.3, -0.25) is 0 Å². The maximum absolute atomic E-state index is 12.3. The van der Waals surface area contributed by atoms with E-state index in [0.29, 0.717) is 0 Å². The first-order valence-corrected chi connectivity index (χ1v) is 7.92. The van der Waals surface area contributed by atoms with E-state index in [9.17, 15) is 8.42 Å². The molecule has 3 N–H and O–H groups in total. The van der Waals surface area contributed by atoms with Gasteiger partial charge in [-0.25, -0.2) is 19.0 Å². The predicted molar refractivity (Wildman–Crippen MR) is 79.7 cm³/mol. The van der Waals surface area contributed by atoms with Crippen LogP contribution in [-0.4, -0.2) is 20.6 Å². The van der Waals surface area contributed by atoms with Crippen molar-refractivity contribution in [1.29, 1.82) is 0 Å². The highest BCUT2D eigenvalue weighted by molar-refractivity contribution is 7.89. The average Bonchev–Trinajstić information content (AvgIpc) is 2.26. The van der Waals surface area contributed by atoms with Crippen molar-refractivity contribution < 1.29 is 13.3 Å². The third-order valence-electron chi connectivity index (χ3n) is 2.89. The summed E-state index contributed by atoms with van der Waals surface area (Å²) >= 11 is 0. The molecule has 0 fully saturated rings. The van der Waals surface area contributed by atoms with E-state index in [1.54, 1.807) is 26.0 Å². The molecule has 6 heteroatoms. The highest BCUT2D eigenvalue weighted by Crippen LogP contribution is 2.23. The van der Waals surface area contributed by atoms with Gasteiger partial charge in [0.25, 0.3) is 0 Å². The highest BCUT2D eigenvalue weighted by atomic mass is 32.2. The van der Waals surface area contributed by atoms with Crippen molar-refractivity contribution in [3.63, 3.8) is 0 Å². The lowest BCUT2D eigenvalue weighted by molar-refractivity contribution is 0.0929. The van der Waals surface area contributed by atoms with E-state index < -0.39 is 15.6 Å². The smallest absolute Gasteiger partial charge is 0.241 e. The van der Waals surface area contributed by atoms with Gasteiger partial charge in [0, 0.05) is 0 Å². The lowest BCUT2D eigenvalue weighted by Gasteiger charge is -2.25. The molecule has 1 aromatic carbocycles. The van der Waals surface area contributed by atoms with Crippen LogP contribution in [-0.2, 0) is 20.3 Å². The van der Waals surface area contributed by atoms with Gasteiger partial charge >= 0.3 is 0 Å². The fourth-order valence-corrected chi connectivity index (χ4v) is 3.19. The van der Waals surface area contributed by atoms with Crippen LogP contribution in [0.3, 0.4) is 0 Å². The Bertz CT molecular complexity index is 543. The third kappa shape index (κ3) is 4.56. The van der Waals surface area contributed by atoms with Crippen molar-refractivity contribution in [2.45, 2.75) is 50.5 Å². The van der Waals surface area contributed by atoms with Crippen LogP contribution in [0.15, 0.2) is 29.2 Å². The zero-order chi connectivity index (χ0) is 15.6. The van der Waals surface area contributed by atoms with Crippen molar-refractivity contribution in [2.24, 2.45) is 5.90 Å². The summed E-state index contributed by atoms with van der Waals surface area (Å²) in [6.45, 7) is 9.75. The van der Waals surface area contributed by atoms with Crippen LogP contribution >= 0.6 is 0 Å². The molecule has 0 saturated heterocycles. The predicted octanol–water partition coefficient (Wildman–Crippen LogP) is 1.93. The second kappa shape index (κ2) is 5.81. The molecule has 114 valence electrons. The van der Waals surface area contributed by atoms with E-state index in [0.717, 1.165) is 5.56 Å². The highest BCUT2D eigenvalue weighted by Gasteiger charge is 2.26. The van der Waals surface area contributed by atoms with Gasteiger partial charge in [-0.15, -0.1) is 0 Å². The summed E-state index contributed by atoms with van der Waals surface area (Å²) in [6.07, 6.45) is 0. The molecule has 0 saturated carbocycles. The Labute approximate surface area is 121 Å². The number of benzene rings is 1. The molecule has 0 unspecified atom stereocenters. The van der Waals surface area contributed by atoms with Gasteiger partial charge in [0.15, 0.2) is 0 Å². The molecular weight excluding hydrogens is 276 g/mol. The SMILES string of the molecule is CC(C)(CON)NS(=O)(=O)c1ccc(C(C)(C)C)cc1. The largest absolute Gasteiger partial charge is 0.303 e. The first-order chi connectivity index (χ1) is 8.98. The molecule has 1 rings (SSSR count). The molecule has 0 aliphatic rings. The number of rotatable bonds is 5. The molecule has 0 bridgehead atoms. The minimum Gasteiger partial charge on any atom is -0.303 e. The van der Waals surface area contributed by atoms with E-state index in [1.807, 2.05) is 12.1 Å². The lowest BCUT2D eigenvalue weighted by atomic mass is 9.87. The lowest BCUT2D eigenvalue weighted by Crippen LogP contribution is -2.47. The van der Waals surface area contributed by atoms with Crippen molar-refractivity contribution in [1.82, 2.24) is 4.72 Å². The van der Waals surface area contributed by atoms with E-state index in [1.165, 1.54) is 0 Å². The van der Waals surface area contributed by atoms with Crippen LogP contribution in [0.1, 0.15) is 40.2 Å². The van der Waals surface area contributed by atoms with E-state index in [-0.39, 0.29) is 16.9 Å². The van der Waals surface area contributed by atoms with Crippen LogP contribution in [0.2, 0.25) is 0 Å². The molecule has 0 heterocycles. The van der Waals surface area contributed by atoms with E-state index in [2.05, 4.69) is 30.3 Å². The minimum atomic E-state index is -3.59. The van der Waals surface area contributed by atoms with Gasteiger partial charge in [-0.05, 0) is 37.0 Å². The summed E-state index contributed by atoms with van der Waals surface area (Å²) in [5, 5.41) is 0. The minimum absolute atomic E-state index is 0.0115. The van der Waals surface area contributed by atoms with Crippen LogP contribution in [0, 0.1) is 0 Å². The molecule has 20 heavy (non-hydrogen) atoms. The molecule has 0 aliphatic heterocycles. The number of nitrogens with two attached hydrogens (primary N) is 1. The van der Waals surface area contributed by atoms with E-state index in [4.69, 9.17) is 5.90 Å². The normalized spacial score (nSPS) is 13.5. The van der Waals surface area contributed by atoms with Crippen LogP contribution in [0.4, 0.5) is 0 Å². The number of nitrogens with one attached hydrogen (secondary N) is 1. The Hall–Kier alpha value is -0.950. The Kier molecular flexibility index (Phi) is 4.97. The maximum atomic E-state index is 12.3. The standard InChI is InChI=1S/C14H24N2O3S/c1-13(2,3)11-6-8-12(9-7-11)20(17,18)16-14(4,5)10-19-15/h6-9,16H,10,15H2,1-5H3. The fraction of sp³-hybridized carbons (Fsp3) is 0.571. The summed E-state index contributed by atoms with van der Waals surface area (Å²) in [5.74, 6) is 5.01. The first kappa shape index (κ1) is 17.1. The molecule has 0 aliphatic carbocycles. The summed E-state index contributed by atoms with van der Waals surface area (Å²) < 4.78 is 27.1. The fourth-order valence-electron chi connectivity index (χ4n) is 1.79. The first-order valence-electron chi connectivity index (χ1n) is 6.44. The maximum Gasteiger partial charge on any atom is 0.241 e. The Morgan fingerprint density at radius 1 is 1.10 bits per heavy atom. The molecule has 0 spiro atoms. The topological polar surface area (TPSA) is 81.4 Å². The van der Waals surface area contributed by atoms with Crippen molar-refractivity contribution in [3.05, 3.63) is 29.8 Å². The molecule has 5 nitrogen and oxygen atoms in total. The van der Waals surface area contributed by atoms with Crippen molar-refractivity contribution in [3.8, 4) is 0 Å². The van der Waals surface area contributed by atoms with Crippen LogP contribution in [0.25, 0.3) is 0 Å². The van der Waals surface area contributed by atoms with Crippen molar-refractivity contribution in [2.75, 3.05) is 6.61 Å². The van der Waals surface area contributed by atoms with E-state index >= 15 is 0 Å². The van der Waals surface area contributed by atoms with Gasteiger partial charge in [-0.2, -0.15) is 0 Å². The molecular formula is C14H24N2O3S. The third-order valence-corrected chi connectivity index (χ3v) is 4.60. The van der Waals surface area contributed by atoms with Gasteiger partial charge in [0.1, 0.15) is 0 Å². The quantitative estimate of drug-likeness (QED) is 0.814. The Balaban J connectivity index is 3.00. The zero-order valence-electron chi connectivity index (χ0n) is 12.7. The molecule has 0 atom stereocenters. The summed E-state index contributed by atoms with van der Waals surface area (Å²) in [4.78, 5) is 4.76. The number of sulfonamides is 1. The molecule has 1 aromatic rings. The van der Waals surface area contributed by atoms with Crippen LogP contribution in [0.5, 0.6) is 0 Å². The van der Waals surface area contributed by atoms with Gasteiger partial charge in [-0.1, -0.05) is 32.9 Å². The summed E-state index contributed by atoms with van der Waals surface area (Å²) in [5.41, 5.74) is 0.305. The molecule has 0 radical (unpaired) electrons. The van der Waals surface area contributed by atoms with Gasteiger partial charge in [0.2, 0.25) is 10.0 Å². The second-order valence-electron chi connectivity index (χ2n) is 6.57. The Morgan fingerprint density at radius 2 is 1.60 bits per heavy atom. The van der Waals surface area contributed by atoms with Crippen molar-refractivity contribution >= 4 is 10.0 Å². The number of hydrogen-bond donors (Lipinski definition) is 2. The van der Waals surface area contributed by atoms with Gasteiger partial charge in [0.05, 0.1) is 17.0 Å². The summed E-state index contributed by atoms with van der Waals surface area (Å²) in [6, 6.07) is 6.90.